The second-order valence-corrected chi connectivity index (χ2v) is 4.71. The van der Waals surface area contributed by atoms with E-state index in [1.165, 1.54) is 12.1 Å². The number of carbonyl (C=O) groups excluding carboxylic acids is 2. The van der Waals surface area contributed by atoms with E-state index < -0.39 is 11.7 Å². The molecule has 0 unspecified atom stereocenters. The number of fused-ring (bicyclic) bond motifs is 1. The summed E-state index contributed by atoms with van der Waals surface area (Å²) in [4.78, 5) is 23.4. The molecule has 2 aromatic carbocycles. The zero-order valence-corrected chi connectivity index (χ0v) is 11.4. The monoisotopic (exact) mass is 301 g/mol. The fourth-order valence-electron chi connectivity index (χ4n) is 2.09. The molecule has 1 aliphatic rings. The van der Waals surface area contributed by atoms with Gasteiger partial charge in [-0.1, -0.05) is 12.1 Å². The molecule has 0 fully saturated rings. The Hall–Kier alpha value is -3.09. The Morgan fingerprint density at radius 2 is 2.09 bits per heavy atom. The van der Waals surface area contributed by atoms with Crippen molar-refractivity contribution in [3.05, 3.63) is 47.8 Å². The number of carbonyl (C=O) groups is 2. The fraction of sp³-hybridized carbons (Fsp3) is 0.0667. The topological polar surface area (TPSA) is 93.5 Å². The molecule has 1 aliphatic heterocycles. The highest BCUT2D eigenvalue weighted by molar-refractivity contribution is 6.08. The van der Waals surface area contributed by atoms with Gasteiger partial charge in [-0.25, -0.2) is 4.39 Å². The maximum Gasteiger partial charge on any atom is 0.262 e. The number of nitrogen functional groups attached to an aromatic ring is 1. The van der Waals surface area contributed by atoms with Crippen LogP contribution in [0, 0.1) is 5.82 Å². The number of nitrogens with one attached hydrogen (secondary N) is 2. The molecule has 112 valence electrons. The third kappa shape index (κ3) is 2.56. The highest BCUT2D eigenvalue weighted by Crippen LogP contribution is 2.33. The molecule has 4 N–H and O–H groups in total. The van der Waals surface area contributed by atoms with Gasteiger partial charge in [0.15, 0.2) is 12.4 Å². The van der Waals surface area contributed by atoms with Crippen molar-refractivity contribution >= 4 is 28.9 Å². The van der Waals surface area contributed by atoms with Crippen LogP contribution in [0.3, 0.4) is 0 Å². The summed E-state index contributed by atoms with van der Waals surface area (Å²) in [5.74, 6) is -1.34. The molecule has 0 saturated carbocycles. The van der Waals surface area contributed by atoms with Gasteiger partial charge in [-0.2, -0.15) is 0 Å². The van der Waals surface area contributed by atoms with Crippen molar-refractivity contribution in [2.24, 2.45) is 0 Å². The quantitative estimate of drug-likeness (QED) is 0.739. The molecule has 0 aliphatic carbocycles. The lowest BCUT2D eigenvalue weighted by Gasteiger charge is -2.19. The standard InChI is InChI=1S/C15H12FN3O3/c16-9-5-13-12(18-14(20)7-22-13)6-11(9)19-15(21)8-3-1-2-4-10(8)17/h1-6H,7,17H2,(H,18,20)(H,19,21). The van der Waals surface area contributed by atoms with Gasteiger partial charge in [0.05, 0.1) is 16.9 Å². The number of halogens is 1. The van der Waals surface area contributed by atoms with Crippen LogP contribution < -0.4 is 21.1 Å². The summed E-state index contributed by atoms with van der Waals surface area (Å²) in [6.45, 7) is -0.168. The van der Waals surface area contributed by atoms with Crippen molar-refractivity contribution in [2.75, 3.05) is 23.0 Å². The van der Waals surface area contributed by atoms with E-state index in [0.717, 1.165) is 6.07 Å². The van der Waals surface area contributed by atoms with Gasteiger partial charge in [-0.3, -0.25) is 9.59 Å². The zero-order chi connectivity index (χ0) is 15.7. The lowest BCUT2D eigenvalue weighted by atomic mass is 10.1. The van der Waals surface area contributed by atoms with Crippen LogP contribution in [-0.4, -0.2) is 18.4 Å². The fourth-order valence-corrected chi connectivity index (χ4v) is 2.09. The molecule has 22 heavy (non-hydrogen) atoms. The van der Waals surface area contributed by atoms with E-state index in [1.807, 2.05) is 0 Å². The van der Waals surface area contributed by atoms with Crippen molar-refractivity contribution in [1.29, 1.82) is 0 Å². The molecule has 0 spiro atoms. The van der Waals surface area contributed by atoms with Crippen molar-refractivity contribution in [3.8, 4) is 5.75 Å². The smallest absolute Gasteiger partial charge is 0.262 e. The summed E-state index contributed by atoms with van der Waals surface area (Å²) >= 11 is 0. The largest absolute Gasteiger partial charge is 0.481 e. The SMILES string of the molecule is Nc1ccccc1C(=O)Nc1cc2c(cc1F)OCC(=O)N2. The van der Waals surface area contributed by atoms with Gasteiger partial charge in [0.1, 0.15) is 5.75 Å². The first kappa shape index (κ1) is 13.9. The van der Waals surface area contributed by atoms with E-state index in [-0.39, 0.29) is 35.2 Å². The van der Waals surface area contributed by atoms with E-state index in [1.54, 1.807) is 18.2 Å². The van der Waals surface area contributed by atoms with Crippen LogP contribution in [0.1, 0.15) is 10.4 Å². The third-order valence-electron chi connectivity index (χ3n) is 3.16. The van der Waals surface area contributed by atoms with E-state index in [9.17, 15) is 14.0 Å². The number of hydrogen-bond donors (Lipinski definition) is 3. The van der Waals surface area contributed by atoms with Crippen molar-refractivity contribution in [2.45, 2.75) is 0 Å². The number of rotatable bonds is 2. The van der Waals surface area contributed by atoms with Gasteiger partial charge in [-0.05, 0) is 18.2 Å². The van der Waals surface area contributed by atoms with E-state index in [2.05, 4.69) is 10.6 Å². The normalized spacial score (nSPS) is 12.9. The maximum absolute atomic E-state index is 14.0. The van der Waals surface area contributed by atoms with E-state index >= 15 is 0 Å². The Morgan fingerprint density at radius 1 is 1.32 bits per heavy atom. The molecule has 2 aromatic rings. The highest BCUT2D eigenvalue weighted by atomic mass is 19.1. The predicted molar refractivity (Wildman–Crippen MR) is 79.3 cm³/mol. The van der Waals surface area contributed by atoms with Crippen LogP contribution in [0.25, 0.3) is 0 Å². The zero-order valence-electron chi connectivity index (χ0n) is 11.4. The summed E-state index contributed by atoms with van der Waals surface area (Å²) in [6, 6.07) is 8.87. The average molecular weight is 301 g/mol. The number of anilines is 3. The molecule has 0 aromatic heterocycles. The summed E-state index contributed by atoms with van der Waals surface area (Å²) in [5.41, 5.74) is 6.46. The summed E-state index contributed by atoms with van der Waals surface area (Å²) in [5, 5.41) is 4.98. The van der Waals surface area contributed by atoms with Crippen LogP contribution in [0.5, 0.6) is 5.75 Å². The van der Waals surface area contributed by atoms with Gasteiger partial charge in [0.2, 0.25) is 0 Å². The number of hydrogen-bond acceptors (Lipinski definition) is 4. The number of ether oxygens (including phenoxy) is 1. The van der Waals surface area contributed by atoms with Crippen LogP contribution >= 0.6 is 0 Å². The first-order valence-electron chi connectivity index (χ1n) is 6.46. The molecular weight excluding hydrogens is 289 g/mol. The Labute approximate surface area is 125 Å². The van der Waals surface area contributed by atoms with Crippen LogP contribution in [0.2, 0.25) is 0 Å². The van der Waals surface area contributed by atoms with Gasteiger partial charge >= 0.3 is 0 Å². The van der Waals surface area contributed by atoms with Crippen LogP contribution in [0.4, 0.5) is 21.5 Å². The Bertz CT molecular complexity index is 777. The molecule has 6 nitrogen and oxygen atoms in total. The first-order chi connectivity index (χ1) is 10.5. The second-order valence-electron chi connectivity index (χ2n) is 4.71. The van der Waals surface area contributed by atoms with Crippen molar-refractivity contribution < 1.29 is 18.7 Å². The number of nitrogens with two attached hydrogens (primary N) is 1. The Balaban J connectivity index is 1.89. The van der Waals surface area contributed by atoms with Gasteiger partial charge < -0.3 is 21.1 Å². The van der Waals surface area contributed by atoms with Crippen molar-refractivity contribution in [1.82, 2.24) is 0 Å². The Morgan fingerprint density at radius 3 is 2.86 bits per heavy atom. The lowest BCUT2D eigenvalue weighted by Crippen LogP contribution is -2.25. The van der Waals surface area contributed by atoms with Crippen LogP contribution in [0.15, 0.2) is 36.4 Å². The minimum atomic E-state index is -0.669. The highest BCUT2D eigenvalue weighted by Gasteiger charge is 2.20. The molecular formula is C15H12FN3O3. The average Bonchev–Trinajstić information content (AvgIpc) is 2.49. The molecule has 0 bridgehead atoms. The molecule has 7 heteroatoms. The summed E-state index contributed by atoms with van der Waals surface area (Å²) in [7, 11) is 0. The molecule has 0 saturated heterocycles. The van der Waals surface area contributed by atoms with Gasteiger partial charge in [-0.15, -0.1) is 0 Å². The first-order valence-corrected chi connectivity index (χ1v) is 6.46. The molecule has 3 rings (SSSR count). The summed E-state index contributed by atoms with van der Waals surface area (Å²) in [6.07, 6.45) is 0. The van der Waals surface area contributed by atoms with E-state index in [0.29, 0.717) is 5.69 Å². The predicted octanol–water partition coefficient (Wildman–Crippen LogP) is 1.99. The minimum Gasteiger partial charge on any atom is -0.481 e. The number of para-hydroxylation sites is 1. The maximum atomic E-state index is 14.0. The second kappa shape index (κ2) is 5.36. The molecule has 0 atom stereocenters. The number of amides is 2. The van der Waals surface area contributed by atoms with Crippen LogP contribution in [-0.2, 0) is 4.79 Å². The Kier molecular flexibility index (Phi) is 3.38. The lowest BCUT2D eigenvalue weighted by molar-refractivity contribution is -0.118. The van der Waals surface area contributed by atoms with Gasteiger partial charge in [0, 0.05) is 11.8 Å². The molecule has 0 radical (unpaired) electrons. The van der Waals surface area contributed by atoms with E-state index in [4.69, 9.17) is 10.5 Å². The number of benzene rings is 2. The minimum absolute atomic E-state index is 0.0715. The molecule has 1 heterocycles. The van der Waals surface area contributed by atoms with Gasteiger partial charge in [0.25, 0.3) is 11.8 Å². The molecule has 2 amide bonds. The summed E-state index contributed by atoms with van der Waals surface area (Å²) < 4.78 is 19.1. The third-order valence-corrected chi connectivity index (χ3v) is 3.16. The van der Waals surface area contributed by atoms with Crippen molar-refractivity contribution in [3.63, 3.8) is 0 Å².